The van der Waals surface area contributed by atoms with Crippen molar-refractivity contribution < 1.29 is 9.18 Å². The fraction of sp³-hybridized carbons (Fsp3) is 0.632. The number of carbonyl (C=O) groups excluding carboxylic acids is 1. The first kappa shape index (κ1) is 16.4. The maximum Gasteiger partial charge on any atom is 0.237 e. The van der Waals surface area contributed by atoms with E-state index in [1.165, 1.54) is 18.6 Å². The molecule has 23 heavy (non-hydrogen) atoms. The molecule has 3 nitrogen and oxygen atoms in total. The summed E-state index contributed by atoms with van der Waals surface area (Å²) in [5, 5.41) is 0. The second kappa shape index (κ2) is 7.00. The molecule has 1 amide bonds. The van der Waals surface area contributed by atoms with Gasteiger partial charge in [-0.3, -0.25) is 9.69 Å². The van der Waals surface area contributed by atoms with Gasteiger partial charge in [0.25, 0.3) is 0 Å². The second-order valence-corrected chi connectivity index (χ2v) is 7.11. The summed E-state index contributed by atoms with van der Waals surface area (Å²) in [5.41, 5.74) is 1.12. The summed E-state index contributed by atoms with van der Waals surface area (Å²) in [6, 6.07) is 7.68. The van der Waals surface area contributed by atoms with Crippen molar-refractivity contribution in [2.24, 2.45) is 0 Å². The number of hydrogen-bond acceptors (Lipinski definition) is 2. The number of hydrogen-bond donors (Lipinski definition) is 0. The minimum Gasteiger partial charge on any atom is -0.336 e. The van der Waals surface area contributed by atoms with Gasteiger partial charge in [-0.25, -0.2) is 4.39 Å². The van der Waals surface area contributed by atoms with Gasteiger partial charge in [-0.15, -0.1) is 0 Å². The number of amides is 1. The lowest BCUT2D eigenvalue weighted by molar-refractivity contribution is -0.138. The molecule has 1 aromatic rings. The highest BCUT2D eigenvalue weighted by molar-refractivity contribution is 5.79. The standard InChI is InChI=1S/C19H27FN2O/c1-14-5-3-6-15(2)22(14)19(23)13-21-12-4-7-18(21)16-8-10-17(20)11-9-16/h8-11,14-15,18H,3-7,12-13H2,1-2H3/t14-,15-,18-/m1/s1. The maximum atomic E-state index is 13.1. The molecule has 3 rings (SSSR count). The van der Waals surface area contributed by atoms with Crippen molar-refractivity contribution in [3.05, 3.63) is 35.6 Å². The molecule has 0 radical (unpaired) electrons. The normalized spacial score (nSPS) is 29.0. The molecule has 0 aliphatic carbocycles. The van der Waals surface area contributed by atoms with Gasteiger partial charge < -0.3 is 4.90 Å². The van der Waals surface area contributed by atoms with E-state index < -0.39 is 0 Å². The van der Waals surface area contributed by atoms with Gasteiger partial charge in [-0.05, 0) is 70.2 Å². The Kier molecular flexibility index (Phi) is 5.00. The van der Waals surface area contributed by atoms with Crippen LogP contribution in [0.15, 0.2) is 24.3 Å². The number of likely N-dealkylation sites (tertiary alicyclic amines) is 2. The second-order valence-electron chi connectivity index (χ2n) is 7.11. The van der Waals surface area contributed by atoms with Crippen molar-refractivity contribution >= 4 is 5.91 Å². The van der Waals surface area contributed by atoms with Gasteiger partial charge in [0, 0.05) is 18.1 Å². The lowest BCUT2D eigenvalue weighted by Gasteiger charge is -2.40. The Morgan fingerprint density at radius 2 is 1.74 bits per heavy atom. The van der Waals surface area contributed by atoms with E-state index in [0.29, 0.717) is 18.6 Å². The van der Waals surface area contributed by atoms with Crippen LogP contribution in [0.25, 0.3) is 0 Å². The highest BCUT2D eigenvalue weighted by Gasteiger charge is 2.33. The van der Waals surface area contributed by atoms with Crippen molar-refractivity contribution in [1.29, 1.82) is 0 Å². The molecule has 1 aromatic carbocycles. The zero-order valence-corrected chi connectivity index (χ0v) is 14.2. The molecular formula is C19H27FN2O. The minimum absolute atomic E-state index is 0.203. The van der Waals surface area contributed by atoms with Crippen LogP contribution in [0.1, 0.15) is 57.6 Å². The van der Waals surface area contributed by atoms with Crippen LogP contribution in [-0.4, -0.2) is 40.9 Å². The summed E-state index contributed by atoms with van der Waals surface area (Å²) >= 11 is 0. The molecule has 0 spiro atoms. The van der Waals surface area contributed by atoms with Gasteiger partial charge in [-0.1, -0.05) is 12.1 Å². The van der Waals surface area contributed by atoms with Gasteiger partial charge in [0.1, 0.15) is 5.82 Å². The van der Waals surface area contributed by atoms with E-state index in [0.717, 1.165) is 37.8 Å². The molecule has 2 aliphatic heterocycles. The van der Waals surface area contributed by atoms with E-state index in [1.807, 2.05) is 12.1 Å². The number of halogens is 1. The Balaban J connectivity index is 1.68. The SMILES string of the molecule is C[C@@H]1CCC[C@@H](C)N1C(=O)CN1CCC[C@@H]1c1ccc(F)cc1. The summed E-state index contributed by atoms with van der Waals surface area (Å²) < 4.78 is 13.1. The van der Waals surface area contributed by atoms with Crippen LogP contribution in [0.5, 0.6) is 0 Å². The quantitative estimate of drug-likeness (QED) is 0.847. The molecule has 0 bridgehead atoms. The molecule has 2 saturated heterocycles. The third kappa shape index (κ3) is 3.57. The van der Waals surface area contributed by atoms with Crippen LogP contribution < -0.4 is 0 Å². The predicted octanol–water partition coefficient (Wildman–Crippen LogP) is 3.75. The summed E-state index contributed by atoms with van der Waals surface area (Å²) in [7, 11) is 0. The molecule has 4 heteroatoms. The molecule has 126 valence electrons. The molecule has 0 unspecified atom stereocenters. The van der Waals surface area contributed by atoms with Gasteiger partial charge in [-0.2, -0.15) is 0 Å². The molecular weight excluding hydrogens is 291 g/mol. The molecule has 0 saturated carbocycles. The van der Waals surface area contributed by atoms with Crippen LogP contribution in [0.3, 0.4) is 0 Å². The third-order valence-electron chi connectivity index (χ3n) is 5.44. The van der Waals surface area contributed by atoms with Crippen LogP contribution in [0.4, 0.5) is 4.39 Å². The van der Waals surface area contributed by atoms with E-state index in [1.54, 1.807) is 0 Å². The smallest absolute Gasteiger partial charge is 0.237 e. The first-order valence-corrected chi connectivity index (χ1v) is 8.87. The van der Waals surface area contributed by atoms with E-state index in [9.17, 15) is 9.18 Å². The fourth-order valence-corrected chi connectivity index (χ4v) is 4.25. The lowest BCUT2D eigenvalue weighted by Crippen LogP contribution is -2.51. The average molecular weight is 318 g/mol. The van der Waals surface area contributed by atoms with Gasteiger partial charge in [0.05, 0.1) is 6.54 Å². The number of rotatable bonds is 3. The predicted molar refractivity (Wildman–Crippen MR) is 89.6 cm³/mol. The van der Waals surface area contributed by atoms with Crippen LogP contribution in [-0.2, 0) is 4.79 Å². The Bertz CT molecular complexity index is 535. The Labute approximate surface area is 138 Å². The van der Waals surface area contributed by atoms with Gasteiger partial charge in [0.15, 0.2) is 0 Å². The first-order valence-electron chi connectivity index (χ1n) is 8.87. The molecule has 0 N–H and O–H groups in total. The van der Waals surface area contributed by atoms with E-state index in [4.69, 9.17) is 0 Å². The number of carbonyl (C=O) groups is 1. The van der Waals surface area contributed by atoms with Crippen LogP contribution in [0.2, 0.25) is 0 Å². The third-order valence-corrected chi connectivity index (χ3v) is 5.44. The van der Waals surface area contributed by atoms with Gasteiger partial charge in [0.2, 0.25) is 5.91 Å². The zero-order chi connectivity index (χ0) is 16.4. The molecule has 3 atom stereocenters. The van der Waals surface area contributed by atoms with Crippen molar-refractivity contribution in [3.63, 3.8) is 0 Å². The monoisotopic (exact) mass is 318 g/mol. The average Bonchev–Trinajstić information content (AvgIpc) is 2.96. The van der Waals surface area contributed by atoms with Crippen molar-refractivity contribution in [3.8, 4) is 0 Å². The number of nitrogens with zero attached hydrogens (tertiary/aromatic N) is 2. The van der Waals surface area contributed by atoms with E-state index >= 15 is 0 Å². The number of benzene rings is 1. The largest absolute Gasteiger partial charge is 0.336 e. The molecule has 2 fully saturated rings. The van der Waals surface area contributed by atoms with E-state index in [2.05, 4.69) is 23.6 Å². The van der Waals surface area contributed by atoms with Gasteiger partial charge >= 0.3 is 0 Å². The highest BCUT2D eigenvalue weighted by Crippen LogP contribution is 2.32. The topological polar surface area (TPSA) is 23.6 Å². The molecule has 0 aromatic heterocycles. The van der Waals surface area contributed by atoms with Crippen molar-refractivity contribution in [1.82, 2.24) is 9.80 Å². The van der Waals surface area contributed by atoms with Crippen LogP contribution in [0, 0.1) is 5.82 Å². The summed E-state index contributed by atoms with van der Waals surface area (Å²) in [6.07, 6.45) is 5.58. The number of piperidine rings is 1. The molecule has 2 heterocycles. The van der Waals surface area contributed by atoms with Crippen molar-refractivity contribution in [2.45, 2.75) is 64.1 Å². The Hall–Kier alpha value is -1.42. The molecule has 2 aliphatic rings. The fourth-order valence-electron chi connectivity index (χ4n) is 4.25. The van der Waals surface area contributed by atoms with Crippen LogP contribution >= 0.6 is 0 Å². The lowest BCUT2D eigenvalue weighted by atomic mass is 9.97. The van der Waals surface area contributed by atoms with Crippen molar-refractivity contribution in [2.75, 3.05) is 13.1 Å². The summed E-state index contributed by atoms with van der Waals surface area (Å²) in [6.45, 7) is 5.76. The zero-order valence-electron chi connectivity index (χ0n) is 14.2. The van der Waals surface area contributed by atoms with E-state index in [-0.39, 0.29) is 17.8 Å². The summed E-state index contributed by atoms with van der Waals surface area (Å²) in [5.74, 6) is 0.0454. The highest BCUT2D eigenvalue weighted by atomic mass is 19.1. The summed E-state index contributed by atoms with van der Waals surface area (Å²) in [4.78, 5) is 17.2. The Morgan fingerprint density at radius 3 is 2.39 bits per heavy atom. The Morgan fingerprint density at radius 1 is 1.09 bits per heavy atom. The maximum absolute atomic E-state index is 13.1. The first-order chi connectivity index (χ1) is 11.1. The minimum atomic E-state index is -0.203.